The zero-order valence-corrected chi connectivity index (χ0v) is 15.3. The van der Waals surface area contributed by atoms with Crippen molar-refractivity contribution in [3.63, 3.8) is 0 Å². The van der Waals surface area contributed by atoms with Crippen molar-refractivity contribution in [1.29, 1.82) is 0 Å². The molecule has 21 heavy (non-hydrogen) atoms. The van der Waals surface area contributed by atoms with Crippen molar-refractivity contribution in [2.75, 3.05) is 32.0 Å². The van der Waals surface area contributed by atoms with Crippen LogP contribution in [-0.2, 0) is 4.79 Å². The third-order valence-corrected chi connectivity index (χ3v) is 4.92. The molecule has 1 heterocycles. The van der Waals surface area contributed by atoms with Crippen molar-refractivity contribution < 1.29 is 4.79 Å². The first-order chi connectivity index (χ1) is 10.1. The lowest BCUT2D eigenvalue weighted by Crippen LogP contribution is -2.38. The van der Waals surface area contributed by atoms with E-state index in [9.17, 15) is 4.79 Å². The number of nitrogens with zero attached hydrogens (tertiary/aromatic N) is 1. The fourth-order valence-electron chi connectivity index (χ4n) is 2.58. The van der Waals surface area contributed by atoms with Gasteiger partial charge in [0.25, 0.3) is 0 Å². The predicted octanol–water partition coefficient (Wildman–Crippen LogP) is 3.22. The van der Waals surface area contributed by atoms with Crippen molar-refractivity contribution in [2.45, 2.75) is 25.3 Å². The molecular weight excluding hydrogens is 398 g/mol. The normalized spacial score (nSPS) is 19.3. The smallest absolute Gasteiger partial charge is 0.238 e. The topological polar surface area (TPSA) is 44.4 Å². The first kappa shape index (κ1) is 16.9. The SMILES string of the molecule is CN(CC(=O)Nc1ccc(Br)cc1Br)C1CCCNCC1. The number of carbonyl (C=O) groups is 1. The number of carbonyl (C=O) groups excluding carboxylic acids is 1. The minimum atomic E-state index is 0.0257. The molecule has 116 valence electrons. The summed E-state index contributed by atoms with van der Waals surface area (Å²) in [5.41, 5.74) is 0.805. The Balaban J connectivity index is 1.88. The second kappa shape index (κ2) is 8.27. The van der Waals surface area contributed by atoms with E-state index in [1.807, 2.05) is 25.2 Å². The summed E-state index contributed by atoms with van der Waals surface area (Å²) in [6.45, 7) is 2.55. The Morgan fingerprint density at radius 3 is 2.95 bits per heavy atom. The average Bonchev–Trinajstić information content (AvgIpc) is 2.71. The van der Waals surface area contributed by atoms with Gasteiger partial charge in [-0.1, -0.05) is 15.9 Å². The van der Waals surface area contributed by atoms with Crippen LogP contribution in [-0.4, -0.2) is 43.5 Å². The summed E-state index contributed by atoms with van der Waals surface area (Å²) in [5, 5.41) is 6.36. The van der Waals surface area contributed by atoms with Crippen molar-refractivity contribution >= 4 is 43.5 Å². The Hall–Kier alpha value is -0.430. The molecule has 6 heteroatoms. The minimum Gasteiger partial charge on any atom is -0.324 e. The highest BCUT2D eigenvalue weighted by atomic mass is 79.9. The van der Waals surface area contributed by atoms with E-state index in [0.29, 0.717) is 12.6 Å². The number of hydrogen-bond donors (Lipinski definition) is 2. The van der Waals surface area contributed by atoms with Crippen LogP contribution >= 0.6 is 31.9 Å². The van der Waals surface area contributed by atoms with Gasteiger partial charge in [-0.05, 0) is 73.5 Å². The lowest BCUT2D eigenvalue weighted by atomic mass is 10.1. The maximum atomic E-state index is 12.2. The molecule has 1 atom stereocenters. The summed E-state index contributed by atoms with van der Waals surface area (Å²) >= 11 is 6.87. The van der Waals surface area contributed by atoms with Gasteiger partial charge in [-0.15, -0.1) is 0 Å². The van der Waals surface area contributed by atoms with Gasteiger partial charge in [-0.2, -0.15) is 0 Å². The number of rotatable bonds is 4. The van der Waals surface area contributed by atoms with Crippen LogP contribution in [0.25, 0.3) is 0 Å². The number of anilines is 1. The molecule has 0 bridgehead atoms. The lowest BCUT2D eigenvalue weighted by molar-refractivity contribution is -0.117. The van der Waals surface area contributed by atoms with Crippen molar-refractivity contribution in [3.05, 3.63) is 27.1 Å². The largest absolute Gasteiger partial charge is 0.324 e. The Morgan fingerprint density at radius 1 is 1.38 bits per heavy atom. The van der Waals surface area contributed by atoms with Gasteiger partial charge >= 0.3 is 0 Å². The highest BCUT2D eigenvalue weighted by Gasteiger charge is 2.19. The second-order valence-corrected chi connectivity index (χ2v) is 7.19. The third kappa shape index (κ3) is 5.36. The molecule has 1 fully saturated rings. The number of nitrogens with one attached hydrogen (secondary N) is 2. The van der Waals surface area contributed by atoms with E-state index in [2.05, 4.69) is 47.4 Å². The van der Waals surface area contributed by atoms with Gasteiger partial charge in [0.05, 0.1) is 12.2 Å². The molecule has 1 unspecified atom stereocenters. The highest BCUT2D eigenvalue weighted by molar-refractivity contribution is 9.11. The fourth-order valence-corrected chi connectivity index (χ4v) is 3.72. The number of halogens is 2. The standard InChI is InChI=1S/C15H21Br2N3O/c1-20(12-3-2-7-18-8-6-12)10-15(21)19-14-5-4-11(16)9-13(14)17/h4-5,9,12,18H,2-3,6-8,10H2,1H3,(H,19,21). The molecule has 1 aromatic rings. The van der Waals surface area contributed by atoms with Crippen molar-refractivity contribution in [2.24, 2.45) is 0 Å². The van der Waals surface area contributed by atoms with Gasteiger partial charge in [0, 0.05) is 15.0 Å². The van der Waals surface area contributed by atoms with E-state index in [1.165, 1.54) is 6.42 Å². The molecule has 1 aliphatic heterocycles. The summed E-state index contributed by atoms with van der Waals surface area (Å²) < 4.78 is 1.86. The predicted molar refractivity (Wildman–Crippen MR) is 93.6 cm³/mol. The van der Waals surface area contributed by atoms with Gasteiger partial charge < -0.3 is 10.6 Å². The van der Waals surface area contributed by atoms with E-state index < -0.39 is 0 Å². The maximum absolute atomic E-state index is 12.2. The fraction of sp³-hybridized carbons (Fsp3) is 0.533. The van der Waals surface area contributed by atoms with Crippen LogP contribution < -0.4 is 10.6 Å². The summed E-state index contributed by atoms with van der Waals surface area (Å²) in [6.07, 6.45) is 3.43. The van der Waals surface area contributed by atoms with E-state index in [0.717, 1.165) is 40.6 Å². The monoisotopic (exact) mass is 417 g/mol. The number of hydrogen-bond acceptors (Lipinski definition) is 3. The zero-order chi connectivity index (χ0) is 15.2. The van der Waals surface area contributed by atoms with Crippen molar-refractivity contribution in [1.82, 2.24) is 10.2 Å². The molecule has 0 spiro atoms. The van der Waals surface area contributed by atoms with Crippen LogP contribution in [0.2, 0.25) is 0 Å². The minimum absolute atomic E-state index is 0.0257. The molecule has 1 aliphatic rings. The van der Waals surface area contributed by atoms with Crippen LogP contribution in [0.3, 0.4) is 0 Å². The first-order valence-corrected chi connectivity index (χ1v) is 8.80. The van der Waals surface area contributed by atoms with Gasteiger partial charge in [-0.3, -0.25) is 9.69 Å². The second-order valence-electron chi connectivity index (χ2n) is 5.42. The van der Waals surface area contributed by atoms with Crippen LogP contribution in [0, 0.1) is 0 Å². The van der Waals surface area contributed by atoms with E-state index in [4.69, 9.17) is 0 Å². The molecule has 1 amide bonds. The van der Waals surface area contributed by atoms with Crippen LogP contribution in [0.4, 0.5) is 5.69 Å². The molecule has 0 saturated carbocycles. The molecule has 2 rings (SSSR count). The molecule has 0 aliphatic carbocycles. The maximum Gasteiger partial charge on any atom is 0.238 e. The average molecular weight is 419 g/mol. The molecule has 1 aromatic carbocycles. The van der Waals surface area contributed by atoms with Gasteiger partial charge in [0.2, 0.25) is 5.91 Å². The number of amides is 1. The van der Waals surface area contributed by atoms with Gasteiger partial charge in [-0.25, -0.2) is 0 Å². The van der Waals surface area contributed by atoms with Crippen LogP contribution in [0.5, 0.6) is 0 Å². The number of benzene rings is 1. The Labute approximate surface area is 142 Å². The quantitative estimate of drug-likeness (QED) is 0.788. The van der Waals surface area contributed by atoms with E-state index in [-0.39, 0.29) is 5.91 Å². The van der Waals surface area contributed by atoms with Gasteiger partial charge in [0.15, 0.2) is 0 Å². The zero-order valence-electron chi connectivity index (χ0n) is 12.2. The molecule has 2 N–H and O–H groups in total. The van der Waals surface area contributed by atoms with E-state index in [1.54, 1.807) is 0 Å². The molecule has 0 aromatic heterocycles. The Bertz CT molecular complexity index is 488. The molecule has 4 nitrogen and oxygen atoms in total. The lowest BCUT2D eigenvalue weighted by Gasteiger charge is -2.26. The summed E-state index contributed by atoms with van der Waals surface area (Å²) in [5.74, 6) is 0.0257. The Morgan fingerprint density at radius 2 is 2.19 bits per heavy atom. The molecule has 0 radical (unpaired) electrons. The summed E-state index contributed by atoms with van der Waals surface area (Å²) in [6, 6.07) is 6.22. The third-order valence-electron chi connectivity index (χ3n) is 3.77. The first-order valence-electron chi connectivity index (χ1n) is 7.22. The van der Waals surface area contributed by atoms with Crippen molar-refractivity contribution in [3.8, 4) is 0 Å². The number of likely N-dealkylation sites (N-methyl/N-ethyl adjacent to an activating group) is 1. The van der Waals surface area contributed by atoms with Gasteiger partial charge in [0.1, 0.15) is 0 Å². The van der Waals surface area contributed by atoms with E-state index >= 15 is 0 Å². The highest BCUT2D eigenvalue weighted by Crippen LogP contribution is 2.26. The van der Waals surface area contributed by atoms with Crippen LogP contribution in [0.15, 0.2) is 27.1 Å². The summed E-state index contributed by atoms with van der Waals surface area (Å²) in [7, 11) is 2.03. The van der Waals surface area contributed by atoms with Crippen LogP contribution in [0.1, 0.15) is 19.3 Å². The summed E-state index contributed by atoms with van der Waals surface area (Å²) in [4.78, 5) is 14.3. The molecule has 1 saturated heterocycles. The Kier molecular flexibility index (Phi) is 6.67. The molecular formula is C15H21Br2N3O.